The van der Waals surface area contributed by atoms with Gasteiger partial charge in [0.2, 0.25) is 11.8 Å². The molecule has 1 unspecified atom stereocenters. The molecule has 0 aliphatic heterocycles. The first-order valence-corrected chi connectivity index (χ1v) is 11.7. The number of nitrogens with zero attached hydrogens (tertiary/aromatic N) is 2. The van der Waals surface area contributed by atoms with Crippen molar-refractivity contribution in [3.63, 3.8) is 0 Å². The number of nitrogens with one attached hydrogen (secondary N) is 1. The zero-order valence-corrected chi connectivity index (χ0v) is 19.2. The first-order valence-electron chi connectivity index (χ1n) is 10.8. The van der Waals surface area contributed by atoms with Crippen molar-refractivity contribution in [3.05, 3.63) is 64.4 Å². The molecule has 8 heteroatoms. The fraction of sp³-hybridized carbons (Fsp3) is 0.333. The Morgan fingerprint density at radius 1 is 1.09 bits per heavy atom. The fourth-order valence-electron chi connectivity index (χ4n) is 3.30. The summed E-state index contributed by atoms with van der Waals surface area (Å²) in [7, 11) is 0. The average molecular weight is 453 g/mol. The molecule has 1 heterocycles. The molecule has 0 radical (unpaired) electrons. The van der Waals surface area contributed by atoms with Gasteiger partial charge in [-0.05, 0) is 49.7 Å². The van der Waals surface area contributed by atoms with Crippen LogP contribution < -0.4 is 16.6 Å². The maximum atomic E-state index is 13.1. The highest BCUT2D eigenvalue weighted by atomic mass is 32.2. The number of hydrogen-bond donors (Lipinski definition) is 2. The van der Waals surface area contributed by atoms with Crippen LogP contribution in [-0.2, 0) is 11.3 Å². The highest BCUT2D eigenvalue weighted by molar-refractivity contribution is 8.00. The minimum absolute atomic E-state index is 0.0794. The summed E-state index contributed by atoms with van der Waals surface area (Å²) in [6.45, 7) is 4.50. The van der Waals surface area contributed by atoms with Gasteiger partial charge in [0.15, 0.2) is 5.16 Å². The van der Waals surface area contributed by atoms with Crippen LogP contribution in [0.5, 0.6) is 0 Å². The van der Waals surface area contributed by atoms with Crippen LogP contribution in [0.2, 0.25) is 0 Å². The summed E-state index contributed by atoms with van der Waals surface area (Å²) in [5, 5.41) is 3.47. The SMILES string of the molecule is CCCCCCn1c(SC(C)C(=O)Nc2ccc(C(N)=O)cc2)nc2ccccc2c1=O. The normalized spacial score (nSPS) is 11.9. The molecule has 0 aliphatic rings. The van der Waals surface area contributed by atoms with Crippen LogP contribution in [0.4, 0.5) is 5.69 Å². The lowest BCUT2D eigenvalue weighted by atomic mass is 10.2. The summed E-state index contributed by atoms with van der Waals surface area (Å²) in [6, 6.07) is 13.7. The minimum Gasteiger partial charge on any atom is -0.366 e. The maximum Gasteiger partial charge on any atom is 0.262 e. The van der Waals surface area contributed by atoms with Gasteiger partial charge in [0.1, 0.15) is 0 Å². The van der Waals surface area contributed by atoms with Crippen molar-refractivity contribution in [1.29, 1.82) is 0 Å². The molecule has 32 heavy (non-hydrogen) atoms. The predicted octanol–water partition coefficient (Wildman–Crippen LogP) is 4.20. The third-order valence-corrected chi connectivity index (χ3v) is 6.24. The summed E-state index contributed by atoms with van der Waals surface area (Å²) in [5.41, 5.74) is 6.74. The van der Waals surface area contributed by atoms with Crippen molar-refractivity contribution in [2.45, 2.75) is 56.5 Å². The van der Waals surface area contributed by atoms with Gasteiger partial charge in [-0.2, -0.15) is 0 Å². The lowest BCUT2D eigenvalue weighted by Crippen LogP contribution is -2.27. The molecule has 0 spiro atoms. The van der Waals surface area contributed by atoms with Crippen LogP contribution in [0.15, 0.2) is 58.5 Å². The molecule has 1 atom stereocenters. The molecule has 0 saturated heterocycles. The number of aromatic nitrogens is 2. The average Bonchev–Trinajstić information content (AvgIpc) is 2.78. The number of benzene rings is 2. The number of amides is 2. The summed E-state index contributed by atoms with van der Waals surface area (Å²) in [6.07, 6.45) is 4.15. The molecule has 2 aromatic carbocycles. The number of hydrogen-bond acceptors (Lipinski definition) is 5. The zero-order valence-electron chi connectivity index (χ0n) is 18.3. The first kappa shape index (κ1) is 23.5. The number of nitrogens with two attached hydrogens (primary N) is 1. The van der Waals surface area contributed by atoms with Gasteiger partial charge in [-0.25, -0.2) is 4.98 Å². The predicted molar refractivity (Wildman–Crippen MR) is 129 cm³/mol. The van der Waals surface area contributed by atoms with E-state index >= 15 is 0 Å². The van der Waals surface area contributed by atoms with Gasteiger partial charge in [0.25, 0.3) is 5.56 Å². The second kappa shape index (κ2) is 10.9. The van der Waals surface area contributed by atoms with Crippen LogP contribution in [0.1, 0.15) is 49.9 Å². The Morgan fingerprint density at radius 3 is 2.50 bits per heavy atom. The number of para-hydroxylation sites is 1. The van der Waals surface area contributed by atoms with E-state index in [0.29, 0.717) is 33.9 Å². The van der Waals surface area contributed by atoms with Crippen LogP contribution in [-0.4, -0.2) is 26.6 Å². The molecule has 168 valence electrons. The Hall–Kier alpha value is -3.13. The summed E-state index contributed by atoms with van der Waals surface area (Å²) in [5.74, 6) is -0.743. The molecular formula is C24H28N4O3S. The highest BCUT2D eigenvalue weighted by Crippen LogP contribution is 2.24. The molecule has 3 rings (SSSR count). The van der Waals surface area contributed by atoms with E-state index in [1.807, 2.05) is 18.2 Å². The molecule has 0 aliphatic carbocycles. The van der Waals surface area contributed by atoms with Gasteiger partial charge in [-0.3, -0.25) is 19.0 Å². The van der Waals surface area contributed by atoms with E-state index < -0.39 is 11.2 Å². The number of carbonyl (C=O) groups is 2. The molecule has 2 amide bonds. The lowest BCUT2D eigenvalue weighted by Gasteiger charge is -2.16. The molecule has 3 N–H and O–H groups in total. The number of carbonyl (C=O) groups excluding carboxylic acids is 2. The van der Waals surface area contributed by atoms with Crippen molar-refractivity contribution in [2.24, 2.45) is 5.73 Å². The van der Waals surface area contributed by atoms with Crippen LogP contribution in [0, 0.1) is 0 Å². The van der Waals surface area contributed by atoms with Crippen LogP contribution >= 0.6 is 11.8 Å². The van der Waals surface area contributed by atoms with E-state index in [0.717, 1.165) is 25.7 Å². The number of rotatable bonds is 10. The van der Waals surface area contributed by atoms with E-state index in [1.54, 1.807) is 41.8 Å². The Kier molecular flexibility index (Phi) is 8.05. The zero-order chi connectivity index (χ0) is 23.1. The first-order chi connectivity index (χ1) is 15.4. The third-order valence-electron chi connectivity index (χ3n) is 5.15. The van der Waals surface area contributed by atoms with Crippen molar-refractivity contribution < 1.29 is 9.59 Å². The molecule has 3 aromatic rings. The fourth-order valence-corrected chi connectivity index (χ4v) is 4.24. The topological polar surface area (TPSA) is 107 Å². The van der Waals surface area contributed by atoms with Gasteiger partial charge in [0.05, 0.1) is 16.2 Å². The van der Waals surface area contributed by atoms with E-state index in [9.17, 15) is 14.4 Å². The Bertz CT molecular complexity index is 1160. The van der Waals surface area contributed by atoms with Crippen molar-refractivity contribution in [3.8, 4) is 0 Å². The Balaban J connectivity index is 1.80. The molecular weight excluding hydrogens is 424 g/mol. The molecule has 0 fully saturated rings. The quantitative estimate of drug-likeness (QED) is 0.272. The van der Waals surface area contributed by atoms with Crippen molar-refractivity contribution >= 4 is 40.2 Å². The van der Waals surface area contributed by atoms with Crippen molar-refractivity contribution in [2.75, 3.05) is 5.32 Å². The van der Waals surface area contributed by atoms with E-state index in [1.165, 1.54) is 11.8 Å². The van der Waals surface area contributed by atoms with Crippen molar-refractivity contribution in [1.82, 2.24) is 9.55 Å². The van der Waals surface area contributed by atoms with Gasteiger partial charge >= 0.3 is 0 Å². The number of unbranched alkanes of at least 4 members (excludes halogenated alkanes) is 3. The molecule has 1 aromatic heterocycles. The highest BCUT2D eigenvalue weighted by Gasteiger charge is 2.19. The second-order valence-corrected chi connectivity index (χ2v) is 8.93. The number of fused-ring (bicyclic) bond motifs is 1. The van der Waals surface area contributed by atoms with E-state index in [2.05, 4.69) is 17.2 Å². The summed E-state index contributed by atoms with van der Waals surface area (Å²) < 4.78 is 1.69. The third kappa shape index (κ3) is 5.76. The van der Waals surface area contributed by atoms with Gasteiger partial charge in [-0.1, -0.05) is 50.1 Å². The van der Waals surface area contributed by atoms with Gasteiger partial charge < -0.3 is 11.1 Å². The Labute approximate surface area is 191 Å². The Morgan fingerprint density at radius 2 is 1.81 bits per heavy atom. The number of primary amides is 1. The van der Waals surface area contributed by atoms with Crippen LogP contribution in [0.3, 0.4) is 0 Å². The lowest BCUT2D eigenvalue weighted by molar-refractivity contribution is -0.115. The molecule has 0 bridgehead atoms. The number of thioether (sulfide) groups is 1. The molecule has 0 saturated carbocycles. The van der Waals surface area contributed by atoms with E-state index in [4.69, 9.17) is 5.73 Å². The largest absolute Gasteiger partial charge is 0.366 e. The summed E-state index contributed by atoms with van der Waals surface area (Å²) >= 11 is 1.26. The minimum atomic E-state index is -0.522. The number of anilines is 1. The maximum absolute atomic E-state index is 13.1. The van der Waals surface area contributed by atoms with E-state index in [-0.39, 0.29) is 11.5 Å². The van der Waals surface area contributed by atoms with Gasteiger partial charge in [-0.15, -0.1) is 0 Å². The standard InChI is InChI=1S/C24H28N4O3S/c1-3-4-5-8-15-28-23(31)19-9-6-7-10-20(19)27-24(28)32-16(2)22(30)26-18-13-11-17(12-14-18)21(25)29/h6-7,9-14,16H,3-5,8,15H2,1-2H3,(H2,25,29)(H,26,30). The molecule has 7 nitrogen and oxygen atoms in total. The monoisotopic (exact) mass is 452 g/mol. The smallest absolute Gasteiger partial charge is 0.262 e. The van der Waals surface area contributed by atoms with Gasteiger partial charge in [0, 0.05) is 17.8 Å². The van der Waals surface area contributed by atoms with Crippen LogP contribution in [0.25, 0.3) is 10.9 Å². The second-order valence-electron chi connectivity index (χ2n) is 7.62. The summed E-state index contributed by atoms with van der Waals surface area (Å²) in [4.78, 5) is 41.8.